The maximum Gasteiger partial charge on any atom is 0.247 e. The highest BCUT2D eigenvalue weighted by atomic mass is 79.9. The maximum atomic E-state index is 13.1. The molecule has 1 aliphatic heterocycles. The Hall–Kier alpha value is -2.53. The van der Waals surface area contributed by atoms with Gasteiger partial charge in [-0.15, -0.1) is 0 Å². The molecule has 0 bridgehead atoms. The van der Waals surface area contributed by atoms with Gasteiger partial charge in [-0.3, -0.25) is 4.79 Å². The molecule has 2 aromatic carbocycles. The van der Waals surface area contributed by atoms with Gasteiger partial charge in [0.1, 0.15) is 21.5 Å². The lowest BCUT2D eigenvalue weighted by atomic mass is 9.60. The van der Waals surface area contributed by atoms with E-state index in [2.05, 4.69) is 65.3 Å². The van der Waals surface area contributed by atoms with Gasteiger partial charge in [0, 0.05) is 24.1 Å². The molecule has 4 nitrogen and oxygen atoms in total. The molecule has 1 spiro atoms. The van der Waals surface area contributed by atoms with Crippen LogP contribution in [0.4, 0.5) is 0 Å². The molecule has 0 saturated heterocycles. The van der Waals surface area contributed by atoms with Crippen molar-refractivity contribution >= 4 is 27.9 Å². The Bertz CT molecular complexity index is 1100. The van der Waals surface area contributed by atoms with Crippen molar-refractivity contribution in [3.8, 4) is 11.5 Å². The lowest BCUT2D eigenvalue weighted by molar-refractivity contribution is -0.129. The number of carbonyl (C=O) groups excluding carboxylic acids is 1. The molecule has 148 valence electrons. The number of amides is 1. The van der Waals surface area contributed by atoms with E-state index in [1.165, 1.54) is 5.56 Å². The Labute approximate surface area is 178 Å². The second kappa shape index (κ2) is 6.49. The molecule has 2 aromatic rings. The third-order valence-electron chi connectivity index (χ3n) is 6.51. The Morgan fingerprint density at radius 1 is 1.24 bits per heavy atom. The van der Waals surface area contributed by atoms with Crippen molar-refractivity contribution in [3.63, 3.8) is 0 Å². The Kier molecular flexibility index (Phi) is 4.14. The molecular formula is C24H22BrNO3. The van der Waals surface area contributed by atoms with Gasteiger partial charge in [0.05, 0.1) is 14.2 Å². The summed E-state index contributed by atoms with van der Waals surface area (Å²) in [5.41, 5.74) is 5.25. The van der Waals surface area contributed by atoms with Gasteiger partial charge < -0.3 is 14.4 Å². The molecule has 0 aromatic heterocycles. The van der Waals surface area contributed by atoms with E-state index in [1.807, 2.05) is 11.0 Å². The molecule has 0 N–H and O–H groups in total. The van der Waals surface area contributed by atoms with Crippen molar-refractivity contribution in [1.82, 2.24) is 4.90 Å². The summed E-state index contributed by atoms with van der Waals surface area (Å²) < 4.78 is 12.3. The highest BCUT2D eigenvalue weighted by molar-refractivity contribution is 9.10. The van der Waals surface area contributed by atoms with Crippen molar-refractivity contribution < 1.29 is 14.3 Å². The van der Waals surface area contributed by atoms with Gasteiger partial charge in [0.25, 0.3) is 0 Å². The van der Waals surface area contributed by atoms with Crippen LogP contribution in [0.2, 0.25) is 0 Å². The van der Waals surface area contributed by atoms with Gasteiger partial charge in [-0.25, -0.2) is 0 Å². The van der Waals surface area contributed by atoms with Crippen molar-refractivity contribution in [2.45, 2.75) is 24.8 Å². The van der Waals surface area contributed by atoms with Crippen molar-refractivity contribution in [2.24, 2.45) is 0 Å². The molecule has 2 atom stereocenters. The zero-order valence-electron chi connectivity index (χ0n) is 16.7. The molecule has 5 rings (SSSR count). The Balaban J connectivity index is 1.88. The van der Waals surface area contributed by atoms with E-state index in [1.54, 1.807) is 14.2 Å². The number of benzene rings is 2. The SMILES string of the molecule is CCN1C(=O)C=C2Cc3cc(OC)c(Br)c(OC)c3[C@H]3C=Cc4ccccc4[C@@]231. The summed E-state index contributed by atoms with van der Waals surface area (Å²) in [4.78, 5) is 15.1. The summed E-state index contributed by atoms with van der Waals surface area (Å²) in [7, 11) is 3.35. The standard InChI is InChI=1S/C24H22BrNO3/c1-4-26-20(27)13-16-11-15-12-19(28-2)22(25)23(29-3)21(15)18-10-9-14-7-5-6-8-17(14)24(16,18)26/h5-10,12-13,18H,4,11H2,1-3H3/t18-,24+/m1/s1. The fraction of sp³-hybridized carbons (Fsp3) is 0.292. The minimum absolute atomic E-state index is 0.0315. The fourth-order valence-electron chi connectivity index (χ4n) is 5.48. The molecule has 1 heterocycles. The van der Waals surface area contributed by atoms with E-state index < -0.39 is 5.54 Å². The van der Waals surface area contributed by atoms with E-state index in [4.69, 9.17) is 9.47 Å². The van der Waals surface area contributed by atoms with Gasteiger partial charge in [-0.1, -0.05) is 36.4 Å². The quantitative estimate of drug-likeness (QED) is 0.671. The highest BCUT2D eigenvalue weighted by Gasteiger charge is 2.57. The molecule has 5 heteroatoms. The van der Waals surface area contributed by atoms with E-state index in [0.717, 1.165) is 38.2 Å². The van der Waals surface area contributed by atoms with Crippen LogP contribution >= 0.6 is 15.9 Å². The second-order valence-electron chi connectivity index (χ2n) is 7.62. The summed E-state index contributed by atoms with van der Waals surface area (Å²) in [6.45, 7) is 2.70. The number of methoxy groups -OCH3 is 2. The van der Waals surface area contributed by atoms with Gasteiger partial charge in [0.15, 0.2) is 0 Å². The summed E-state index contributed by atoms with van der Waals surface area (Å²) in [5.74, 6) is 1.57. The van der Waals surface area contributed by atoms with E-state index in [-0.39, 0.29) is 11.8 Å². The van der Waals surface area contributed by atoms with Gasteiger partial charge in [-0.2, -0.15) is 0 Å². The Morgan fingerprint density at radius 3 is 2.76 bits per heavy atom. The van der Waals surface area contributed by atoms with Gasteiger partial charge in [0.2, 0.25) is 5.91 Å². The number of ether oxygens (including phenoxy) is 2. The molecular weight excluding hydrogens is 430 g/mol. The number of halogens is 1. The summed E-state index contributed by atoms with van der Waals surface area (Å²) in [6, 6.07) is 10.5. The van der Waals surface area contributed by atoms with Crippen LogP contribution in [0.15, 0.2) is 52.5 Å². The van der Waals surface area contributed by atoms with E-state index in [0.29, 0.717) is 13.0 Å². The lowest BCUT2D eigenvalue weighted by Gasteiger charge is -2.51. The van der Waals surface area contributed by atoms with Crippen LogP contribution in [-0.4, -0.2) is 31.6 Å². The number of likely N-dealkylation sites (N-methyl/N-ethyl adjacent to an activating group) is 1. The first-order valence-corrected chi connectivity index (χ1v) is 10.6. The van der Waals surface area contributed by atoms with Crippen LogP contribution in [0.25, 0.3) is 6.08 Å². The molecule has 2 aliphatic carbocycles. The second-order valence-corrected chi connectivity index (χ2v) is 8.41. The smallest absolute Gasteiger partial charge is 0.247 e. The molecule has 0 fully saturated rings. The molecule has 0 radical (unpaired) electrons. The van der Waals surface area contributed by atoms with Gasteiger partial charge >= 0.3 is 0 Å². The van der Waals surface area contributed by atoms with Crippen LogP contribution < -0.4 is 9.47 Å². The zero-order chi connectivity index (χ0) is 20.3. The number of hydrogen-bond donors (Lipinski definition) is 0. The predicted molar refractivity (Wildman–Crippen MR) is 116 cm³/mol. The molecule has 0 unspecified atom stereocenters. The minimum atomic E-state index is -0.508. The Morgan fingerprint density at radius 2 is 2.03 bits per heavy atom. The first-order chi connectivity index (χ1) is 14.1. The van der Waals surface area contributed by atoms with Crippen molar-refractivity contribution in [1.29, 1.82) is 0 Å². The first-order valence-electron chi connectivity index (χ1n) is 9.81. The maximum absolute atomic E-state index is 13.1. The largest absolute Gasteiger partial charge is 0.495 e. The average molecular weight is 452 g/mol. The van der Waals surface area contributed by atoms with Crippen LogP contribution in [-0.2, 0) is 16.8 Å². The van der Waals surface area contributed by atoms with Crippen LogP contribution in [0.5, 0.6) is 11.5 Å². The third-order valence-corrected chi connectivity index (χ3v) is 7.26. The number of carbonyl (C=O) groups is 1. The van der Waals surface area contributed by atoms with Crippen LogP contribution in [0.3, 0.4) is 0 Å². The fourth-order valence-corrected chi connectivity index (χ4v) is 6.13. The molecule has 3 aliphatic rings. The van der Waals surface area contributed by atoms with Crippen LogP contribution in [0.1, 0.15) is 35.1 Å². The normalized spacial score (nSPS) is 23.7. The third kappa shape index (κ3) is 2.22. The number of hydrogen-bond acceptors (Lipinski definition) is 3. The van der Waals surface area contributed by atoms with E-state index in [9.17, 15) is 4.79 Å². The molecule has 0 saturated carbocycles. The number of nitrogens with zero attached hydrogens (tertiary/aromatic N) is 1. The summed E-state index contributed by atoms with van der Waals surface area (Å²) in [5, 5.41) is 0. The van der Waals surface area contributed by atoms with E-state index >= 15 is 0 Å². The van der Waals surface area contributed by atoms with Crippen molar-refractivity contribution in [3.05, 3.63) is 74.8 Å². The monoisotopic (exact) mass is 451 g/mol. The van der Waals surface area contributed by atoms with Gasteiger partial charge in [-0.05, 0) is 57.6 Å². The zero-order valence-corrected chi connectivity index (χ0v) is 18.2. The number of fused-ring (bicyclic) bond motifs is 3. The number of rotatable bonds is 3. The molecule has 1 amide bonds. The predicted octanol–water partition coefficient (Wildman–Crippen LogP) is 4.82. The van der Waals surface area contributed by atoms with Crippen molar-refractivity contribution in [2.75, 3.05) is 20.8 Å². The average Bonchev–Trinajstić information content (AvgIpc) is 3.02. The lowest BCUT2D eigenvalue weighted by Crippen LogP contribution is -2.52. The minimum Gasteiger partial charge on any atom is -0.495 e. The summed E-state index contributed by atoms with van der Waals surface area (Å²) >= 11 is 3.67. The molecule has 29 heavy (non-hydrogen) atoms. The topological polar surface area (TPSA) is 38.8 Å². The first kappa shape index (κ1) is 18.5. The summed E-state index contributed by atoms with van der Waals surface area (Å²) in [6.07, 6.45) is 6.94. The van der Waals surface area contributed by atoms with Crippen LogP contribution in [0, 0.1) is 0 Å². The highest BCUT2D eigenvalue weighted by Crippen LogP contribution is 2.61.